The summed E-state index contributed by atoms with van der Waals surface area (Å²) in [6, 6.07) is 7.46. The number of pyridine rings is 1. The van der Waals surface area contributed by atoms with Crippen LogP contribution in [0.1, 0.15) is 27.9 Å². The van der Waals surface area contributed by atoms with E-state index in [0.717, 1.165) is 6.42 Å². The quantitative estimate of drug-likeness (QED) is 0.882. The molecule has 2 aromatic heterocycles. The van der Waals surface area contributed by atoms with Crippen LogP contribution in [0.4, 0.5) is 5.82 Å². The van der Waals surface area contributed by atoms with Crippen LogP contribution in [-0.4, -0.2) is 17.9 Å². The van der Waals surface area contributed by atoms with Crippen LogP contribution in [-0.2, 0) is 13.0 Å². The zero-order valence-corrected chi connectivity index (χ0v) is 11.9. The van der Waals surface area contributed by atoms with Gasteiger partial charge in [0.2, 0.25) is 0 Å². The number of hydrogen-bond acceptors (Lipinski definition) is 4. The number of carbonyl (C=O) groups excluding carboxylic acids is 1. The molecule has 0 radical (unpaired) electrons. The Morgan fingerprint density at radius 3 is 2.95 bits per heavy atom. The molecule has 0 fully saturated rings. The summed E-state index contributed by atoms with van der Waals surface area (Å²) in [4.78, 5) is 17.4. The number of nitrogens with zero attached hydrogens (tertiary/aromatic N) is 1. The number of amides is 1. The predicted octanol–water partition coefficient (Wildman–Crippen LogP) is 2.68. The molecule has 0 aliphatic carbocycles. The van der Waals surface area contributed by atoms with Crippen molar-refractivity contribution in [2.45, 2.75) is 19.9 Å². The highest BCUT2D eigenvalue weighted by Crippen LogP contribution is 2.17. The van der Waals surface area contributed by atoms with Crippen LogP contribution in [0.25, 0.3) is 0 Å². The minimum atomic E-state index is -0.146. The lowest BCUT2D eigenvalue weighted by Gasteiger charge is -2.06. The summed E-state index contributed by atoms with van der Waals surface area (Å²) in [5.74, 6) is 0.547. The topological polar surface area (TPSA) is 54.0 Å². The predicted molar refractivity (Wildman–Crippen MR) is 78.7 cm³/mol. The first kappa shape index (κ1) is 13.5. The van der Waals surface area contributed by atoms with Gasteiger partial charge in [0, 0.05) is 11.9 Å². The first-order chi connectivity index (χ1) is 9.24. The van der Waals surface area contributed by atoms with Crippen molar-refractivity contribution in [2.75, 3.05) is 12.4 Å². The van der Waals surface area contributed by atoms with E-state index in [0.29, 0.717) is 18.1 Å². The Balaban J connectivity index is 2.01. The van der Waals surface area contributed by atoms with Crippen molar-refractivity contribution in [3.05, 3.63) is 45.8 Å². The van der Waals surface area contributed by atoms with Crippen LogP contribution in [0.2, 0.25) is 0 Å². The van der Waals surface area contributed by atoms with E-state index in [4.69, 9.17) is 0 Å². The number of aryl methyl sites for hydroxylation is 1. The van der Waals surface area contributed by atoms with Crippen LogP contribution in [0.15, 0.2) is 29.6 Å². The van der Waals surface area contributed by atoms with E-state index < -0.39 is 0 Å². The van der Waals surface area contributed by atoms with E-state index >= 15 is 0 Å². The molecule has 0 bridgehead atoms. The van der Waals surface area contributed by atoms with E-state index in [-0.39, 0.29) is 5.91 Å². The van der Waals surface area contributed by atoms with Crippen LogP contribution >= 0.6 is 11.3 Å². The Kier molecular flexibility index (Phi) is 4.52. The average Bonchev–Trinajstić information content (AvgIpc) is 2.92. The highest BCUT2D eigenvalue weighted by atomic mass is 32.1. The molecule has 0 aromatic carbocycles. The third-order valence-corrected chi connectivity index (χ3v) is 3.83. The zero-order chi connectivity index (χ0) is 13.7. The Morgan fingerprint density at radius 1 is 1.37 bits per heavy atom. The van der Waals surface area contributed by atoms with Crippen molar-refractivity contribution in [1.82, 2.24) is 10.3 Å². The second kappa shape index (κ2) is 6.33. The second-order valence-electron chi connectivity index (χ2n) is 4.06. The molecular weight excluding hydrogens is 258 g/mol. The number of thiophene rings is 1. The molecule has 0 aliphatic rings. The summed E-state index contributed by atoms with van der Waals surface area (Å²) in [5, 5.41) is 7.89. The SMILES string of the molecule is CCc1ccsc1CNC(=O)c1cccc(NC)n1. The van der Waals surface area contributed by atoms with Gasteiger partial charge >= 0.3 is 0 Å². The summed E-state index contributed by atoms with van der Waals surface area (Å²) in [7, 11) is 1.78. The van der Waals surface area contributed by atoms with Gasteiger partial charge in [0.25, 0.3) is 5.91 Å². The first-order valence-corrected chi connectivity index (χ1v) is 7.10. The van der Waals surface area contributed by atoms with Crippen LogP contribution in [0, 0.1) is 0 Å². The molecule has 2 aromatic rings. The van der Waals surface area contributed by atoms with Crippen molar-refractivity contribution in [3.8, 4) is 0 Å². The molecule has 2 rings (SSSR count). The van der Waals surface area contributed by atoms with Crippen molar-refractivity contribution in [1.29, 1.82) is 0 Å². The standard InChI is InChI=1S/C14H17N3OS/c1-3-10-7-8-19-12(10)9-16-14(18)11-5-4-6-13(15-2)17-11/h4-8H,3,9H2,1-2H3,(H,15,17)(H,16,18). The molecule has 4 nitrogen and oxygen atoms in total. The van der Waals surface area contributed by atoms with Gasteiger partial charge in [-0.05, 0) is 35.6 Å². The molecule has 2 heterocycles. The second-order valence-corrected chi connectivity index (χ2v) is 5.06. The van der Waals surface area contributed by atoms with Gasteiger partial charge in [0.15, 0.2) is 0 Å². The van der Waals surface area contributed by atoms with Gasteiger partial charge in [-0.25, -0.2) is 4.98 Å². The summed E-state index contributed by atoms with van der Waals surface area (Å²) < 4.78 is 0. The van der Waals surface area contributed by atoms with Crippen LogP contribution < -0.4 is 10.6 Å². The molecule has 0 unspecified atom stereocenters. The number of carbonyl (C=O) groups is 1. The van der Waals surface area contributed by atoms with Crippen molar-refractivity contribution < 1.29 is 4.79 Å². The highest BCUT2D eigenvalue weighted by molar-refractivity contribution is 7.10. The Labute approximate surface area is 116 Å². The monoisotopic (exact) mass is 275 g/mol. The van der Waals surface area contributed by atoms with Gasteiger partial charge < -0.3 is 10.6 Å². The van der Waals surface area contributed by atoms with Gasteiger partial charge in [0.05, 0.1) is 6.54 Å². The summed E-state index contributed by atoms with van der Waals surface area (Å²) in [6.45, 7) is 2.68. The maximum atomic E-state index is 12.0. The molecule has 100 valence electrons. The van der Waals surface area contributed by atoms with E-state index in [1.807, 2.05) is 12.1 Å². The van der Waals surface area contributed by atoms with E-state index in [9.17, 15) is 4.79 Å². The Hall–Kier alpha value is -1.88. The Morgan fingerprint density at radius 2 is 2.21 bits per heavy atom. The van der Waals surface area contributed by atoms with Crippen molar-refractivity contribution in [3.63, 3.8) is 0 Å². The molecule has 0 saturated carbocycles. The fourth-order valence-electron chi connectivity index (χ4n) is 1.79. The molecule has 5 heteroatoms. The normalized spacial score (nSPS) is 10.2. The molecule has 1 amide bonds. The maximum Gasteiger partial charge on any atom is 0.270 e. The zero-order valence-electron chi connectivity index (χ0n) is 11.1. The largest absolute Gasteiger partial charge is 0.373 e. The number of rotatable bonds is 5. The van der Waals surface area contributed by atoms with E-state index in [2.05, 4.69) is 34.0 Å². The minimum absolute atomic E-state index is 0.146. The molecular formula is C14H17N3OS. The van der Waals surface area contributed by atoms with Gasteiger partial charge in [-0.3, -0.25) is 4.79 Å². The smallest absolute Gasteiger partial charge is 0.270 e. The number of nitrogens with one attached hydrogen (secondary N) is 2. The number of anilines is 1. The maximum absolute atomic E-state index is 12.0. The number of aromatic nitrogens is 1. The summed E-state index contributed by atoms with van der Waals surface area (Å²) >= 11 is 1.67. The molecule has 0 atom stereocenters. The average molecular weight is 275 g/mol. The third-order valence-electron chi connectivity index (χ3n) is 2.87. The fraction of sp³-hybridized carbons (Fsp3) is 0.286. The van der Waals surface area contributed by atoms with Crippen LogP contribution in [0.3, 0.4) is 0 Å². The lowest BCUT2D eigenvalue weighted by molar-refractivity contribution is 0.0946. The van der Waals surface area contributed by atoms with Gasteiger partial charge in [0.1, 0.15) is 11.5 Å². The lowest BCUT2D eigenvalue weighted by atomic mass is 10.2. The Bertz CT molecular complexity index is 565. The number of hydrogen-bond donors (Lipinski definition) is 2. The van der Waals surface area contributed by atoms with Crippen LogP contribution in [0.5, 0.6) is 0 Å². The van der Waals surface area contributed by atoms with E-state index in [1.54, 1.807) is 24.5 Å². The van der Waals surface area contributed by atoms with Gasteiger partial charge in [-0.15, -0.1) is 11.3 Å². The lowest BCUT2D eigenvalue weighted by Crippen LogP contribution is -2.24. The minimum Gasteiger partial charge on any atom is -0.373 e. The van der Waals surface area contributed by atoms with Gasteiger partial charge in [-0.2, -0.15) is 0 Å². The fourth-order valence-corrected chi connectivity index (χ4v) is 2.70. The highest BCUT2D eigenvalue weighted by Gasteiger charge is 2.09. The first-order valence-electron chi connectivity index (χ1n) is 6.22. The molecule has 19 heavy (non-hydrogen) atoms. The third kappa shape index (κ3) is 3.32. The van der Waals surface area contributed by atoms with E-state index in [1.165, 1.54) is 10.4 Å². The van der Waals surface area contributed by atoms with Crippen molar-refractivity contribution >= 4 is 23.1 Å². The summed E-state index contributed by atoms with van der Waals surface area (Å²) in [6.07, 6.45) is 0.988. The molecule has 0 aliphatic heterocycles. The van der Waals surface area contributed by atoms with Gasteiger partial charge in [-0.1, -0.05) is 13.0 Å². The molecule has 0 saturated heterocycles. The molecule has 0 spiro atoms. The molecule has 2 N–H and O–H groups in total. The summed E-state index contributed by atoms with van der Waals surface area (Å²) in [5.41, 5.74) is 1.73. The van der Waals surface area contributed by atoms with Crippen molar-refractivity contribution in [2.24, 2.45) is 0 Å².